The first-order valence-corrected chi connectivity index (χ1v) is 7.99. The summed E-state index contributed by atoms with van der Waals surface area (Å²) in [7, 11) is 0. The molecule has 1 aliphatic rings. The molecule has 1 aromatic rings. The van der Waals surface area contributed by atoms with Gasteiger partial charge in [-0.2, -0.15) is 0 Å². The van der Waals surface area contributed by atoms with E-state index < -0.39 is 0 Å². The van der Waals surface area contributed by atoms with Crippen LogP contribution in [0.5, 0.6) is 0 Å². The number of hydrogen-bond donors (Lipinski definition) is 1. The van der Waals surface area contributed by atoms with Gasteiger partial charge in [-0.05, 0) is 43.2 Å². The maximum Gasteiger partial charge on any atom is 0.0351 e. The molecule has 94 valence electrons. The average Bonchev–Trinajstić information content (AvgIpc) is 2.65. The minimum absolute atomic E-state index is 0.885. The summed E-state index contributed by atoms with van der Waals surface area (Å²) in [5.41, 5.74) is 1.28. The third kappa shape index (κ3) is 4.27. The van der Waals surface area contributed by atoms with Crippen LogP contribution in [-0.4, -0.2) is 12.8 Å². The van der Waals surface area contributed by atoms with Crippen molar-refractivity contribution in [3.05, 3.63) is 24.3 Å². The molecular weight excluding hydrogens is 226 g/mol. The van der Waals surface area contributed by atoms with Crippen LogP contribution in [0.15, 0.2) is 29.2 Å². The van der Waals surface area contributed by atoms with Gasteiger partial charge in [0.05, 0.1) is 0 Å². The summed E-state index contributed by atoms with van der Waals surface area (Å²) in [5, 5.41) is 3.60. The summed E-state index contributed by atoms with van der Waals surface area (Å²) in [5.74, 6) is 0.885. The number of benzene rings is 1. The van der Waals surface area contributed by atoms with E-state index in [1.807, 2.05) is 11.8 Å². The molecule has 2 rings (SSSR count). The van der Waals surface area contributed by atoms with Gasteiger partial charge in [0.15, 0.2) is 0 Å². The first kappa shape index (κ1) is 12.8. The van der Waals surface area contributed by atoms with Crippen LogP contribution in [-0.2, 0) is 0 Å². The second-order valence-electron chi connectivity index (χ2n) is 4.97. The lowest BCUT2D eigenvalue weighted by Crippen LogP contribution is -2.13. The normalized spacial score (nSPS) is 17.7. The molecule has 0 spiro atoms. The Hall–Kier alpha value is -0.630. The van der Waals surface area contributed by atoms with Crippen LogP contribution >= 0.6 is 11.8 Å². The van der Waals surface area contributed by atoms with E-state index >= 15 is 0 Å². The SMILES string of the molecule is CSc1cccc(NCC2CCCCCC2)c1. The predicted molar refractivity (Wildman–Crippen MR) is 77.9 cm³/mol. The average molecular weight is 249 g/mol. The van der Waals surface area contributed by atoms with E-state index in [9.17, 15) is 0 Å². The van der Waals surface area contributed by atoms with Gasteiger partial charge >= 0.3 is 0 Å². The van der Waals surface area contributed by atoms with Crippen LogP contribution in [0.2, 0.25) is 0 Å². The van der Waals surface area contributed by atoms with Gasteiger partial charge in [0.1, 0.15) is 0 Å². The predicted octanol–water partition coefficient (Wildman–Crippen LogP) is 4.79. The Balaban J connectivity index is 1.83. The molecule has 1 aromatic carbocycles. The molecule has 1 saturated carbocycles. The van der Waals surface area contributed by atoms with Gasteiger partial charge in [0.2, 0.25) is 0 Å². The lowest BCUT2D eigenvalue weighted by Gasteiger charge is -2.16. The topological polar surface area (TPSA) is 12.0 Å². The van der Waals surface area contributed by atoms with E-state index in [0.717, 1.165) is 12.5 Å². The minimum Gasteiger partial charge on any atom is -0.385 e. The van der Waals surface area contributed by atoms with Gasteiger partial charge in [0, 0.05) is 17.1 Å². The Morgan fingerprint density at radius 3 is 2.65 bits per heavy atom. The Morgan fingerprint density at radius 1 is 1.18 bits per heavy atom. The number of rotatable bonds is 4. The summed E-state index contributed by atoms with van der Waals surface area (Å²) in [6, 6.07) is 8.74. The number of thioether (sulfide) groups is 1. The molecule has 0 aromatic heterocycles. The Labute approximate surface area is 109 Å². The summed E-state index contributed by atoms with van der Waals surface area (Å²) in [6.07, 6.45) is 10.7. The Kier molecular flexibility index (Phi) is 5.24. The van der Waals surface area contributed by atoms with Gasteiger partial charge < -0.3 is 5.32 Å². The fourth-order valence-electron chi connectivity index (χ4n) is 2.56. The number of anilines is 1. The van der Waals surface area contributed by atoms with Gasteiger partial charge in [-0.1, -0.05) is 31.7 Å². The highest BCUT2D eigenvalue weighted by molar-refractivity contribution is 7.98. The lowest BCUT2D eigenvalue weighted by atomic mass is 10.0. The largest absolute Gasteiger partial charge is 0.385 e. The number of nitrogens with one attached hydrogen (secondary N) is 1. The van der Waals surface area contributed by atoms with Crippen molar-refractivity contribution in [3.63, 3.8) is 0 Å². The second-order valence-corrected chi connectivity index (χ2v) is 5.85. The minimum atomic E-state index is 0.885. The van der Waals surface area contributed by atoms with E-state index in [4.69, 9.17) is 0 Å². The third-order valence-electron chi connectivity index (χ3n) is 3.64. The van der Waals surface area contributed by atoms with Crippen molar-refractivity contribution in [3.8, 4) is 0 Å². The fourth-order valence-corrected chi connectivity index (χ4v) is 3.02. The zero-order chi connectivity index (χ0) is 11.9. The van der Waals surface area contributed by atoms with Crippen LogP contribution in [0.3, 0.4) is 0 Å². The van der Waals surface area contributed by atoms with Gasteiger partial charge in [-0.3, -0.25) is 0 Å². The van der Waals surface area contributed by atoms with Crippen LogP contribution in [0.25, 0.3) is 0 Å². The molecule has 17 heavy (non-hydrogen) atoms. The van der Waals surface area contributed by atoms with Crippen molar-refractivity contribution in [2.45, 2.75) is 43.4 Å². The van der Waals surface area contributed by atoms with Crippen molar-refractivity contribution >= 4 is 17.4 Å². The molecule has 1 N–H and O–H groups in total. The fraction of sp³-hybridized carbons (Fsp3) is 0.600. The summed E-state index contributed by atoms with van der Waals surface area (Å²) in [6.45, 7) is 1.15. The molecule has 0 amide bonds. The summed E-state index contributed by atoms with van der Waals surface area (Å²) >= 11 is 1.81. The van der Waals surface area contributed by atoms with E-state index in [1.165, 1.54) is 49.1 Å². The molecule has 2 heteroatoms. The molecule has 1 nitrogen and oxygen atoms in total. The number of hydrogen-bond acceptors (Lipinski definition) is 2. The van der Waals surface area contributed by atoms with Crippen LogP contribution in [0.4, 0.5) is 5.69 Å². The third-order valence-corrected chi connectivity index (χ3v) is 4.36. The molecule has 1 fully saturated rings. The van der Waals surface area contributed by atoms with Gasteiger partial charge in [0.25, 0.3) is 0 Å². The molecule has 0 saturated heterocycles. The molecule has 1 aliphatic carbocycles. The van der Waals surface area contributed by atoms with Gasteiger partial charge in [-0.25, -0.2) is 0 Å². The molecule has 0 unspecified atom stereocenters. The highest BCUT2D eigenvalue weighted by atomic mass is 32.2. The Morgan fingerprint density at radius 2 is 1.94 bits per heavy atom. The van der Waals surface area contributed by atoms with Crippen LogP contribution in [0, 0.1) is 5.92 Å². The van der Waals surface area contributed by atoms with Crippen molar-refractivity contribution in [1.29, 1.82) is 0 Å². The van der Waals surface area contributed by atoms with E-state index in [-0.39, 0.29) is 0 Å². The molecule has 0 aliphatic heterocycles. The van der Waals surface area contributed by atoms with Gasteiger partial charge in [-0.15, -0.1) is 11.8 Å². The monoisotopic (exact) mass is 249 g/mol. The van der Waals surface area contributed by atoms with Crippen molar-refractivity contribution in [1.82, 2.24) is 0 Å². The van der Waals surface area contributed by atoms with Crippen molar-refractivity contribution in [2.75, 3.05) is 18.1 Å². The maximum absolute atomic E-state index is 3.60. The molecule has 0 atom stereocenters. The van der Waals surface area contributed by atoms with Crippen LogP contribution < -0.4 is 5.32 Å². The standard InChI is InChI=1S/C15H23NS/c1-17-15-10-6-9-14(11-15)16-12-13-7-4-2-3-5-8-13/h6,9-11,13,16H,2-5,7-8,12H2,1H3. The Bertz CT molecular complexity index is 329. The highest BCUT2D eigenvalue weighted by Gasteiger charge is 2.11. The molecular formula is C15H23NS. The zero-order valence-electron chi connectivity index (χ0n) is 10.7. The molecule has 0 bridgehead atoms. The quantitative estimate of drug-likeness (QED) is 0.608. The molecule has 0 radical (unpaired) electrons. The first-order chi connectivity index (χ1) is 8.38. The highest BCUT2D eigenvalue weighted by Crippen LogP contribution is 2.24. The smallest absolute Gasteiger partial charge is 0.0351 e. The second kappa shape index (κ2) is 6.95. The molecule has 0 heterocycles. The summed E-state index contributed by atoms with van der Waals surface area (Å²) in [4.78, 5) is 1.34. The van der Waals surface area contributed by atoms with Crippen molar-refractivity contribution in [2.24, 2.45) is 5.92 Å². The van der Waals surface area contributed by atoms with Crippen LogP contribution in [0.1, 0.15) is 38.5 Å². The maximum atomic E-state index is 3.60. The zero-order valence-corrected chi connectivity index (χ0v) is 11.6. The first-order valence-electron chi connectivity index (χ1n) is 6.76. The lowest BCUT2D eigenvalue weighted by molar-refractivity contribution is 0.483. The van der Waals surface area contributed by atoms with Crippen molar-refractivity contribution < 1.29 is 0 Å². The summed E-state index contributed by atoms with van der Waals surface area (Å²) < 4.78 is 0. The van der Waals surface area contributed by atoms with E-state index in [0.29, 0.717) is 0 Å². The van der Waals surface area contributed by atoms with E-state index in [2.05, 4.69) is 35.8 Å². The van der Waals surface area contributed by atoms with E-state index in [1.54, 1.807) is 0 Å².